The largest absolute Gasteiger partial charge is 0.497 e. The van der Waals surface area contributed by atoms with E-state index in [1.165, 1.54) is 6.20 Å². The van der Waals surface area contributed by atoms with Crippen molar-refractivity contribution in [2.45, 2.75) is 25.0 Å². The van der Waals surface area contributed by atoms with Crippen LogP contribution in [0.15, 0.2) is 36.7 Å². The molecule has 0 unspecified atom stereocenters. The SMILES string of the molecule is COc1cccc(CCNC(=O)c2cnc(N3CCC4(CC3)OCCO4)cn2)c1. The van der Waals surface area contributed by atoms with Crippen molar-refractivity contribution < 1.29 is 19.0 Å². The second-order valence-electron chi connectivity index (χ2n) is 7.21. The quantitative estimate of drug-likeness (QED) is 0.794. The number of nitrogens with zero attached hydrogens (tertiary/aromatic N) is 3. The predicted octanol–water partition coefficient (Wildman–Crippen LogP) is 1.80. The van der Waals surface area contributed by atoms with E-state index in [0.29, 0.717) is 31.9 Å². The van der Waals surface area contributed by atoms with Crippen LogP contribution in [0, 0.1) is 0 Å². The van der Waals surface area contributed by atoms with Crippen LogP contribution in [0.25, 0.3) is 0 Å². The van der Waals surface area contributed by atoms with Gasteiger partial charge in [0.2, 0.25) is 0 Å². The van der Waals surface area contributed by atoms with Crippen LogP contribution in [0.4, 0.5) is 5.82 Å². The van der Waals surface area contributed by atoms with Crippen LogP contribution in [0.2, 0.25) is 0 Å². The van der Waals surface area contributed by atoms with Gasteiger partial charge in [0.05, 0.1) is 32.7 Å². The molecule has 2 fully saturated rings. The van der Waals surface area contributed by atoms with Gasteiger partial charge in [-0.25, -0.2) is 9.97 Å². The summed E-state index contributed by atoms with van der Waals surface area (Å²) < 4.78 is 16.7. The van der Waals surface area contributed by atoms with Crippen molar-refractivity contribution >= 4 is 11.7 Å². The summed E-state index contributed by atoms with van der Waals surface area (Å²) >= 11 is 0. The molecule has 0 bridgehead atoms. The molecule has 4 rings (SSSR count). The fourth-order valence-electron chi connectivity index (χ4n) is 3.70. The van der Waals surface area contributed by atoms with Gasteiger partial charge in [-0.15, -0.1) is 0 Å². The summed E-state index contributed by atoms with van der Waals surface area (Å²) in [6.45, 7) is 3.44. The van der Waals surface area contributed by atoms with E-state index < -0.39 is 5.79 Å². The molecule has 154 valence electrons. The summed E-state index contributed by atoms with van der Waals surface area (Å²) in [6, 6.07) is 7.81. The van der Waals surface area contributed by atoms with Gasteiger partial charge in [0, 0.05) is 32.5 Å². The minimum atomic E-state index is -0.410. The number of carbonyl (C=O) groups excluding carboxylic acids is 1. The summed E-state index contributed by atoms with van der Waals surface area (Å²) in [5, 5.41) is 2.89. The van der Waals surface area contributed by atoms with E-state index in [1.54, 1.807) is 13.3 Å². The molecule has 2 saturated heterocycles. The number of rotatable bonds is 6. The van der Waals surface area contributed by atoms with Crippen molar-refractivity contribution in [3.8, 4) is 5.75 Å². The molecular formula is C21H26N4O4. The summed E-state index contributed by atoms with van der Waals surface area (Å²) in [5.74, 6) is 0.944. The zero-order valence-electron chi connectivity index (χ0n) is 16.6. The lowest BCUT2D eigenvalue weighted by molar-refractivity contribution is -0.169. The molecule has 1 aromatic heterocycles. The molecule has 2 aromatic rings. The van der Waals surface area contributed by atoms with Crippen LogP contribution < -0.4 is 15.0 Å². The third-order valence-electron chi connectivity index (χ3n) is 5.37. The number of anilines is 1. The number of ether oxygens (including phenoxy) is 3. The van der Waals surface area contributed by atoms with Crippen LogP contribution in [0.3, 0.4) is 0 Å². The lowest BCUT2D eigenvalue weighted by atomic mass is 10.0. The minimum Gasteiger partial charge on any atom is -0.497 e. The van der Waals surface area contributed by atoms with Gasteiger partial charge in [0.25, 0.3) is 5.91 Å². The Balaban J connectivity index is 1.27. The highest BCUT2D eigenvalue weighted by Crippen LogP contribution is 2.32. The van der Waals surface area contributed by atoms with Gasteiger partial charge in [-0.3, -0.25) is 4.79 Å². The van der Waals surface area contributed by atoms with Crippen molar-refractivity contribution in [1.82, 2.24) is 15.3 Å². The molecule has 1 aromatic carbocycles. The summed E-state index contributed by atoms with van der Waals surface area (Å²) in [4.78, 5) is 23.2. The average Bonchev–Trinajstić information content (AvgIpc) is 3.22. The Bertz CT molecular complexity index is 827. The van der Waals surface area contributed by atoms with E-state index in [2.05, 4.69) is 20.2 Å². The number of amides is 1. The van der Waals surface area contributed by atoms with Gasteiger partial charge >= 0.3 is 0 Å². The molecule has 0 saturated carbocycles. The molecule has 0 radical (unpaired) electrons. The zero-order chi connectivity index (χ0) is 20.1. The first-order valence-corrected chi connectivity index (χ1v) is 9.93. The van der Waals surface area contributed by atoms with Crippen LogP contribution in [-0.4, -0.2) is 61.6 Å². The Kier molecular flexibility index (Phi) is 5.92. The summed E-state index contributed by atoms with van der Waals surface area (Å²) in [7, 11) is 1.64. The number of piperidine rings is 1. The molecule has 3 heterocycles. The molecule has 8 nitrogen and oxygen atoms in total. The molecule has 8 heteroatoms. The van der Waals surface area contributed by atoms with Crippen LogP contribution in [-0.2, 0) is 15.9 Å². The first kappa shape index (κ1) is 19.6. The number of carbonyl (C=O) groups is 1. The number of aromatic nitrogens is 2. The van der Waals surface area contributed by atoms with Crippen molar-refractivity contribution in [3.63, 3.8) is 0 Å². The van der Waals surface area contributed by atoms with E-state index in [1.807, 2.05) is 24.3 Å². The van der Waals surface area contributed by atoms with Crippen molar-refractivity contribution in [3.05, 3.63) is 47.9 Å². The second kappa shape index (κ2) is 8.75. The summed E-state index contributed by atoms with van der Waals surface area (Å²) in [5.41, 5.74) is 1.42. The molecule has 1 spiro atoms. The third-order valence-corrected chi connectivity index (χ3v) is 5.37. The lowest BCUT2D eigenvalue weighted by Gasteiger charge is -2.37. The topological polar surface area (TPSA) is 85.8 Å². The van der Waals surface area contributed by atoms with E-state index in [-0.39, 0.29) is 5.91 Å². The Morgan fingerprint density at radius 1 is 1.21 bits per heavy atom. The maximum atomic E-state index is 12.3. The number of hydrogen-bond donors (Lipinski definition) is 1. The molecule has 1 N–H and O–H groups in total. The van der Waals surface area contributed by atoms with E-state index >= 15 is 0 Å². The molecule has 1 amide bonds. The number of methoxy groups -OCH3 is 1. The van der Waals surface area contributed by atoms with Gasteiger partial charge in [0.1, 0.15) is 17.3 Å². The molecule has 0 aliphatic carbocycles. The van der Waals surface area contributed by atoms with E-state index in [9.17, 15) is 4.79 Å². The van der Waals surface area contributed by atoms with Crippen LogP contribution in [0.5, 0.6) is 5.75 Å². The van der Waals surface area contributed by atoms with Gasteiger partial charge < -0.3 is 24.4 Å². The van der Waals surface area contributed by atoms with Gasteiger partial charge in [0.15, 0.2) is 5.79 Å². The maximum Gasteiger partial charge on any atom is 0.271 e. The van der Waals surface area contributed by atoms with E-state index in [0.717, 1.165) is 43.1 Å². The van der Waals surface area contributed by atoms with Gasteiger partial charge in [-0.1, -0.05) is 12.1 Å². The number of benzene rings is 1. The first-order valence-electron chi connectivity index (χ1n) is 9.93. The normalized spacial score (nSPS) is 18.0. The first-order chi connectivity index (χ1) is 14.2. The Labute approximate surface area is 170 Å². The third kappa shape index (κ3) is 4.65. The molecular weight excluding hydrogens is 372 g/mol. The molecule has 29 heavy (non-hydrogen) atoms. The number of nitrogens with one attached hydrogen (secondary N) is 1. The summed E-state index contributed by atoms with van der Waals surface area (Å²) in [6.07, 6.45) is 5.52. The maximum absolute atomic E-state index is 12.3. The number of hydrogen-bond acceptors (Lipinski definition) is 7. The lowest BCUT2D eigenvalue weighted by Crippen LogP contribution is -2.45. The van der Waals surface area contributed by atoms with Crippen molar-refractivity contribution in [1.29, 1.82) is 0 Å². The Morgan fingerprint density at radius 2 is 2.00 bits per heavy atom. The molecule has 2 aliphatic heterocycles. The molecule has 0 atom stereocenters. The fraction of sp³-hybridized carbons (Fsp3) is 0.476. The van der Waals surface area contributed by atoms with Crippen LogP contribution >= 0.6 is 0 Å². The second-order valence-corrected chi connectivity index (χ2v) is 7.21. The van der Waals surface area contributed by atoms with Gasteiger partial charge in [-0.05, 0) is 24.1 Å². The highest BCUT2D eigenvalue weighted by molar-refractivity contribution is 5.92. The van der Waals surface area contributed by atoms with Gasteiger partial charge in [-0.2, -0.15) is 0 Å². The highest BCUT2D eigenvalue weighted by atomic mass is 16.7. The fourth-order valence-corrected chi connectivity index (χ4v) is 3.70. The van der Waals surface area contributed by atoms with E-state index in [4.69, 9.17) is 14.2 Å². The van der Waals surface area contributed by atoms with Crippen LogP contribution in [0.1, 0.15) is 28.9 Å². The zero-order valence-corrected chi connectivity index (χ0v) is 16.6. The standard InChI is InChI=1S/C21H26N4O4/c1-27-17-4-2-3-16(13-17)5-8-22-20(26)18-14-24-19(15-23-18)25-9-6-21(7-10-25)28-11-12-29-21/h2-4,13-15H,5-12H2,1H3,(H,22,26). The smallest absolute Gasteiger partial charge is 0.271 e. The minimum absolute atomic E-state index is 0.225. The predicted molar refractivity (Wildman–Crippen MR) is 107 cm³/mol. The highest BCUT2D eigenvalue weighted by Gasteiger charge is 2.40. The average molecular weight is 398 g/mol. The molecule has 2 aliphatic rings. The van der Waals surface area contributed by atoms with Crippen molar-refractivity contribution in [2.75, 3.05) is 44.9 Å². The van der Waals surface area contributed by atoms with Crippen molar-refractivity contribution in [2.24, 2.45) is 0 Å². The Morgan fingerprint density at radius 3 is 2.69 bits per heavy atom. The Hall–Kier alpha value is -2.71. The monoisotopic (exact) mass is 398 g/mol.